The van der Waals surface area contributed by atoms with E-state index in [4.69, 9.17) is 4.74 Å². The van der Waals surface area contributed by atoms with Crippen LogP contribution in [-0.2, 0) is 11.2 Å². The highest BCUT2D eigenvalue weighted by atomic mass is 32.1. The lowest BCUT2D eigenvalue weighted by molar-refractivity contribution is -0.151. The van der Waals surface area contributed by atoms with Crippen LogP contribution in [0.1, 0.15) is 52.8 Å². The number of methoxy groups -OCH3 is 1. The minimum Gasteiger partial charge on any atom is -0.494 e. The van der Waals surface area contributed by atoms with Gasteiger partial charge in [0.25, 0.3) is 12.3 Å². The molecule has 1 aromatic carbocycles. The van der Waals surface area contributed by atoms with E-state index >= 15 is 0 Å². The number of carbonyl (C=O) groups excluding carboxylic acids is 2. The smallest absolute Gasteiger partial charge is 0.280 e. The number of halogens is 2. The fourth-order valence-corrected chi connectivity index (χ4v) is 4.79. The summed E-state index contributed by atoms with van der Waals surface area (Å²) in [6, 6.07) is 5.92. The molecular weight excluding hydrogens is 528 g/mol. The summed E-state index contributed by atoms with van der Waals surface area (Å²) < 4.78 is 32.4. The molecule has 1 aliphatic carbocycles. The third-order valence-electron chi connectivity index (χ3n) is 6.33. The van der Waals surface area contributed by atoms with E-state index < -0.39 is 23.6 Å². The lowest BCUT2D eigenvalue weighted by atomic mass is 9.93. The number of nitrogens with zero attached hydrogens (tertiary/aromatic N) is 4. The molecule has 1 saturated heterocycles. The molecule has 39 heavy (non-hydrogen) atoms. The van der Waals surface area contributed by atoms with E-state index in [0.717, 1.165) is 24.2 Å². The molecule has 9 nitrogen and oxygen atoms in total. The van der Waals surface area contributed by atoms with Crippen LogP contribution in [0.5, 0.6) is 5.75 Å². The molecule has 0 atom stereocenters. The maximum atomic E-state index is 13.5. The molecule has 5 rings (SSSR count). The van der Waals surface area contributed by atoms with Crippen molar-refractivity contribution in [3.8, 4) is 28.7 Å². The van der Waals surface area contributed by atoms with Crippen LogP contribution in [-0.4, -0.2) is 62.8 Å². The van der Waals surface area contributed by atoms with Crippen LogP contribution in [0.2, 0.25) is 0 Å². The van der Waals surface area contributed by atoms with Crippen molar-refractivity contribution in [2.75, 3.05) is 25.5 Å². The van der Waals surface area contributed by atoms with Crippen LogP contribution in [0.25, 0.3) is 11.1 Å². The molecule has 2 aromatic heterocycles. The molecular formula is C27H25F2N5O4S. The second kappa shape index (κ2) is 10.7. The van der Waals surface area contributed by atoms with Gasteiger partial charge in [0, 0.05) is 17.0 Å². The largest absolute Gasteiger partial charge is 0.494 e. The van der Waals surface area contributed by atoms with Gasteiger partial charge in [-0.05, 0) is 55.0 Å². The van der Waals surface area contributed by atoms with E-state index in [1.165, 1.54) is 30.3 Å². The number of hydrogen-bond acceptors (Lipinski definition) is 8. The number of benzene rings is 1. The zero-order valence-electron chi connectivity index (χ0n) is 21.2. The fraction of sp³-hybridized carbons (Fsp3) is 0.370. The summed E-state index contributed by atoms with van der Waals surface area (Å²) in [5.74, 6) is 5.88. The standard InChI is InChI=1S/C27H25F2N5O4S/c1-27(37)13-34(14-27)23(35)10-16-5-7-17(18(9-16)19-11-20(24(28)29)30-12-21(19)38-2)25(36)31-26-33-32-22(39-26)8-6-15-3-4-15/h5,7,9,11-12,15,24,37H,3-4,10,13-14H2,1-2H3,(H,31,33,36). The van der Waals surface area contributed by atoms with Crippen LogP contribution in [0.4, 0.5) is 13.9 Å². The second-order valence-corrected chi connectivity index (χ2v) is 10.8. The molecule has 0 unspecified atom stereocenters. The van der Waals surface area contributed by atoms with E-state index in [2.05, 4.69) is 32.3 Å². The van der Waals surface area contributed by atoms with Crippen molar-refractivity contribution in [1.82, 2.24) is 20.1 Å². The summed E-state index contributed by atoms with van der Waals surface area (Å²) in [7, 11) is 1.37. The van der Waals surface area contributed by atoms with Gasteiger partial charge in [-0.25, -0.2) is 8.78 Å². The van der Waals surface area contributed by atoms with Gasteiger partial charge in [-0.3, -0.25) is 19.9 Å². The van der Waals surface area contributed by atoms with E-state index in [9.17, 15) is 23.5 Å². The Morgan fingerprint density at radius 2 is 2.03 bits per heavy atom. The Morgan fingerprint density at radius 1 is 1.26 bits per heavy atom. The van der Waals surface area contributed by atoms with Gasteiger partial charge in [0.05, 0.1) is 38.4 Å². The summed E-state index contributed by atoms with van der Waals surface area (Å²) >= 11 is 1.13. The zero-order chi connectivity index (χ0) is 27.7. The molecule has 1 saturated carbocycles. The number of aromatic nitrogens is 3. The normalized spacial score (nSPS) is 15.8. The number of anilines is 1. The van der Waals surface area contributed by atoms with E-state index in [1.807, 2.05) is 0 Å². The van der Waals surface area contributed by atoms with Crippen molar-refractivity contribution >= 4 is 28.3 Å². The fourth-order valence-electron chi connectivity index (χ4n) is 4.19. The Hall–Kier alpha value is -3.95. The lowest BCUT2D eigenvalue weighted by Gasteiger charge is -2.44. The van der Waals surface area contributed by atoms with Gasteiger partial charge in [-0.2, -0.15) is 0 Å². The third kappa shape index (κ3) is 6.21. The highest BCUT2D eigenvalue weighted by molar-refractivity contribution is 7.15. The average Bonchev–Trinajstić information content (AvgIpc) is 3.62. The second-order valence-electron chi connectivity index (χ2n) is 9.82. The minimum atomic E-state index is -2.84. The molecule has 0 bridgehead atoms. The number of nitrogens with one attached hydrogen (secondary N) is 1. The number of pyridine rings is 1. The Bertz CT molecular complexity index is 1480. The number of aliphatic hydroxyl groups is 1. The van der Waals surface area contributed by atoms with E-state index in [-0.39, 0.29) is 53.0 Å². The van der Waals surface area contributed by atoms with Gasteiger partial charge in [0.2, 0.25) is 11.0 Å². The summed E-state index contributed by atoms with van der Waals surface area (Å²) in [6.45, 7) is 2.10. The molecule has 3 heterocycles. The van der Waals surface area contributed by atoms with E-state index in [1.54, 1.807) is 19.1 Å². The SMILES string of the molecule is COc1cnc(C(F)F)cc1-c1cc(CC(=O)N2CC(C)(O)C2)ccc1C(=O)Nc1nnc(C#CC2CC2)s1. The van der Waals surface area contributed by atoms with Crippen molar-refractivity contribution in [2.24, 2.45) is 5.92 Å². The molecule has 2 N–H and O–H groups in total. The molecule has 1 aliphatic heterocycles. The Morgan fingerprint density at radius 3 is 2.69 bits per heavy atom. The average molecular weight is 554 g/mol. The molecule has 3 aromatic rings. The lowest BCUT2D eigenvalue weighted by Crippen LogP contribution is -2.62. The summed E-state index contributed by atoms with van der Waals surface area (Å²) in [4.78, 5) is 31.4. The van der Waals surface area contributed by atoms with Gasteiger partial charge in [-0.15, -0.1) is 10.2 Å². The van der Waals surface area contributed by atoms with Crippen molar-refractivity contribution in [2.45, 2.75) is 38.2 Å². The number of β-amino-alcohol motifs (C(OH)–C–C–N with tert-alkyl or cyclic N) is 1. The molecule has 2 fully saturated rings. The zero-order valence-corrected chi connectivity index (χ0v) is 22.0. The molecule has 202 valence electrons. The quantitative estimate of drug-likeness (QED) is 0.429. The maximum absolute atomic E-state index is 13.5. The Kier molecular flexibility index (Phi) is 7.29. The number of alkyl halides is 2. The van der Waals surface area contributed by atoms with Gasteiger partial charge >= 0.3 is 0 Å². The van der Waals surface area contributed by atoms with Crippen molar-refractivity contribution in [3.63, 3.8) is 0 Å². The number of carbonyl (C=O) groups is 2. The molecule has 2 amide bonds. The van der Waals surface area contributed by atoms with Gasteiger partial charge in [-0.1, -0.05) is 23.3 Å². The first kappa shape index (κ1) is 26.6. The monoisotopic (exact) mass is 553 g/mol. The number of ether oxygens (including phenoxy) is 1. The van der Waals surface area contributed by atoms with E-state index in [0.29, 0.717) is 16.5 Å². The summed E-state index contributed by atoms with van der Waals surface area (Å²) in [6.07, 6.45) is 0.481. The number of amides is 2. The third-order valence-corrected chi connectivity index (χ3v) is 7.08. The first-order valence-electron chi connectivity index (χ1n) is 12.2. The molecule has 0 radical (unpaired) electrons. The molecule has 2 aliphatic rings. The Balaban J connectivity index is 1.47. The Labute approximate surface area is 227 Å². The van der Waals surface area contributed by atoms with Crippen molar-refractivity contribution in [1.29, 1.82) is 0 Å². The van der Waals surface area contributed by atoms with Gasteiger partial charge < -0.3 is 14.7 Å². The first-order chi connectivity index (χ1) is 18.6. The topological polar surface area (TPSA) is 118 Å². The predicted molar refractivity (Wildman–Crippen MR) is 140 cm³/mol. The number of rotatable bonds is 7. The van der Waals surface area contributed by atoms with Gasteiger partial charge in [0.15, 0.2) is 5.01 Å². The summed E-state index contributed by atoms with van der Waals surface area (Å²) in [5, 5.41) is 21.4. The molecule has 0 spiro atoms. The van der Waals surface area contributed by atoms with Crippen molar-refractivity contribution < 1.29 is 28.2 Å². The van der Waals surface area contributed by atoms with Crippen LogP contribution in [0.15, 0.2) is 30.5 Å². The van der Waals surface area contributed by atoms with Crippen LogP contribution >= 0.6 is 11.3 Å². The summed E-state index contributed by atoms with van der Waals surface area (Å²) in [5.41, 5.74) is -0.167. The first-order valence-corrected chi connectivity index (χ1v) is 13.1. The maximum Gasteiger partial charge on any atom is 0.280 e. The van der Waals surface area contributed by atoms with Crippen LogP contribution in [0, 0.1) is 17.8 Å². The van der Waals surface area contributed by atoms with Crippen LogP contribution in [0.3, 0.4) is 0 Å². The van der Waals surface area contributed by atoms with Crippen LogP contribution < -0.4 is 10.1 Å². The number of hydrogen-bond donors (Lipinski definition) is 2. The van der Waals surface area contributed by atoms with Gasteiger partial charge in [0.1, 0.15) is 11.4 Å². The highest BCUT2D eigenvalue weighted by Gasteiger charge is 2.39. The molecule has 12 heteroatoms. The van der Waals surface area contributed by atoms with Crippen molar-refractivity contribution in [3.05, 3.63) is 52.3 Å². The minimum absolute atomic E-state index is 0.000490. The predicted octanol–water partition coefficient (Wildman–Crippen LogP) is 3.70. The highest BCUT2D eigenvalue weighted by Crippen LogP contribution is 2.36. The number of likely N-dealkylation sites (tertiary alicyclic amines) is 1.